The third-order valence-electron chi connectivity index (χ3n) is 4.25. The van der Waals surface area contributed by atoms with Crippen LogP contribution in [0.15, 0.2) is 48.7 Å². The molecule has 3 N–H and O–H groups in total. The monoisotopic (exact) mass is 399 g/mol. The Morgan fingerprint density at radius 1 is 1.21 bits per heavy atom. The molecule has 0 aliphatic heterocycles. The fraction of sp³-hybridized carbons (Fsp3) is 0.333. The summed E-state index contributed by atoms with van der Waals surface area (Å²) < 4.78 is 4.26. The summed E-state index contributed by atoms with van der Waals surface area (Å²) in [5.74, 6) is 4.89. The average molecular weight is 400 g/mol. The Morgan fingerprint density at radius 2 is 1.89 bits per heavy atom. The van der Waals surface area contributed by atoms with E-state index in [2.05, 4.69) is 53.1 Å². The van der Waals surface area contributed by atoms with Crippen molar-refractivity contribution in [2.75, 3.05) is 10.6 Å². The smallest absolute Gasteiger partial charge is 0.265 e. The fourth-order valence-electron chi connectivity index (χ4n) is 2.86. The molecule has 0 fully saturated rings. The maximum atomic E-state index is 11.6. The molecular weight excluding hydrogens is 370 g/mol. The minimum atomic E-state index is -0.286. The molecule has 0 saturated carbocycles. The van der Waals surface area contributed by atoms with Crippen LogP contribution in [-0.2, 0) is 6.54 Å². The number of fused-ring (bicyclic) bond motifs is 1. The van der Waals surface area contributed by atoms with E-state index in [9.17, 15) is 4.79 Å². The van der Waals surface area contributed by atoms with Crippen molar-refractivity contribution >= 4 is 34.4 Å². The highest BCUT2D eigenvalue weighted by atomic mass is 32.2. The zero-order valence-electron chi connectivity index (χ0n) is 17.1. The van der Waals surface area contributed by atoms with Gasteiger partial charge in [-0.15, -0.1) is 0 Å². The van der Waals surface area contributed by atoms with Gasteiger partial charge in [0.1, 0.15) is 0 Å². The molecule has 28 heavy (non-hydrogen) atoms. The van der Waals surface area contributed by atoms with Gasteiger partial charge in [-0.3, -0.25) is 14.9 Å². The Hall–Kier alpha value is -2.51. The van der Waals surface area contributed by atoms with E-state index < -0.39 is 0 Å². The third-order valence-corrected chi connectivity index (χ3v) is 5.03. The highest BCUT2D eigenvalue weighted by Gasteiger charge is 2.12. The van der Waals surface area contributed by atoms with E-state index in [1.807, 2.05) is 36.9 Å². The molecule has 0 bridgehead atoms. The Morgan fingerprint density at radius 3 is 2.46 bits per heavy atom. The molecule has 7 heteroatoms. The highest BCUT2D eigenvalue weighted by Crippen LogP contribution is 2.28. The molecule has 1 heterocycles. The van der Waals surface area contributed by atoms with Gasteiger partial charge >= 0.3 is 0 Å². The number of rotatable bonds is 6. The third kappa shape index (κ3) is 4.85. The quantitative estimate of drug-likeness (QED) is 0.276. The number of hydrazine groups is 1. The van der Waals surface area contributed by atoms with Crippen LogP contribution in [0.5, 0.6) is 0 Å². The lowest BCUT2D eigenvalue weighted by Crippen LogP contribution is -2.29. The van der Waals surface area contributed by atoms with E-state index in [4.69, 9.17) is 5.84 Å². The Kier molecular flexibility index (Phi) is 7.90. The van der Waals surface area contributed by atoms with Crippen LogP contribution in [-0.4, -0.2) is 21.9 Å². The number of nitrogens with two attached hydrogens (primary N) is 1. The first-order valence-electron chi connectivity index (χ1n) is 9.42. The summed E-state index contributed by atoms with van der Waals surface area (Å²) >= 11 is 1.66. The number of nitrogens with one attached hydrogen (secondary N) is 1. The van der Waals surface area contributed by atoms with Gasteiger partial charge in [0.25, 0.3) is 5.91 Å². The molecule has 1 amide bonds. The van der Waals surface area contributed by atoms with Crippen LogP contribution in [0.3, 0.4) is 0 Å². The summed E-state index contributed by atoms with van der Waals surface area (Å²) in [5.41, 5.74) is 6.06. The van der Waals surface area contributed by atoms with Crippen LogP contribution in [0, 0.1) is 0 Å². The number of aromatic nitrogens is 2. The van der Waals surface area contributed by atoms with E-state index in [0.29, 0.717) is 11.6 Å². The van der Waals surface area contributed by atoms with Gasteiger partial charge in [-0.1, -0.05) is 37.9 Å². The van der Waals surface area contributed by atoms with Gasteiger partial charge in [0.2, 0.25) is 0 Å². The van der Waals surface area contributed by atoms with E-state index in [-0.39, 0.29) is 5.91 Å². The van der Waals surface area contributed by atoms with Crippen molar-refractivity contribution in [2.24, 2.45) is 5.84 Å². The second-order valence-corrected chi connectivity index (χ2v) is 7.12. The van der Waals surface area contributed by atoms with E-state index >= 15 is 0 Å². The number of benzene rings is 2. The molecule has 6 nitrogen and oxygen atoms in total. The number of hydrogen-bond acceptors (Lipinski definition) is 5. The minimum Gasteiger partial charge on any atom is -0.312 e. The molecule has 0 aliphatic rings. The molecule has 0 spiro atoms. The predicted molar refractivity (Wildman–Crippen MR) is 119 cm³/mol. The van der Waals surface area contributed by atoms with Gasteiger partial charge in [0.15, 0.2) is 0 Å². The molecule has 3 rings (SSSR count). The second-order valence-electron chi connectivity index (χ2n) is 6.32. The van der Waals surface area contributed by atoms with E-state index in [0.717, 1.165) is 28.7 Å². The van der Waals surface area contributed by atoms with Gasteiger partial charge in [-0.25, -0.2) is 5.84 Å². The first kappa shape index (κ1) is 21.8. The van der Waals surface area contributed by atoms with E-state index in [1.165, 1.54) is 0 Å². The zero-order valence-corrected chi connectivity index (χ0v) is 18.0. The van der Waals surface area contributed by atoms with Crippen molar-refractivity contribution in [3.8, 4) is 0 Å². The normalized spacial score (nSPS) is 10.5. The first-order chi connectivity index (χ1) is 13.5. The van der Waals surface area contributed by atoms with Crippen molar-refractivity contribution in [3.63, 3.8) is 0 Å². The summed E-state index contributed by atoms with van der Waals surface area (Å²) in [6, 6.07) is 14.2. The molecule has 1 aromatic heterocycles. The van der Waals surface area contributed by atoms with Crippen LogP contribution < -0.4 is 15.6 Å². The molecule has 0 unspecified atom stereocenters. The lowest BCUT2D eigenvalue weighted by molar-refractivity contribution is 0.0953. The Bertz CT molecular complexity index is 905. The molecule has 150 valence electrons. The van der Waals surface area contributed by atoms with Gasteiger partial charge in [-0.05, 0) is 49.7 Å². The van der Waals surface area contributed by atoms with Crippen molar-refractivity contribution in [2.45, 2.75) is 40.3 Å². The number of carbonyl (C=O) groups excluding carboxylic acids is 1. The minimum absolute atomic E-state index is 0.286. The largest absolute Gasteiger partial charge is 0.312 e. The fourth-order valence-corrected chi connectivity index (χ4v) is 3.47. The second kappa shape index (κ2) is 10.1. The number of amides is 1. The maximum absolute atomic E-state index is 11.6. The van der Waals surface area contributed by atoms with Crippen LogP contribution >= 0.6 is 11.9 Å². The van der Waals surface area contributed by atoms with Gasteiger partial charge in [-0.2, -0.15) is 5.10 Å². The lowest BCUT2D eigenvalue weighted by atomic mass is 10.1. The highest BCUT2D eigenvalue weighted by molar-refractivity contribution is 7.99. The number of hydrogen-bond donors (Lipinski definition) is 2. The van der Waals surface area contributed by atoms with Crippen LogP contribution in [0.2, 0.25) is 0 Å². The number of nitrogen functional groups attached to an aromatic ring is 1. The standard InChI is InChI=1S/C19H23N5OS.C2H6/c1-13(2)24-18-10-17(9-8-16(18)11-21-24)23(26-3)12-14-4-6-15(7-5-14)19(25)22-20;1-2/h4-11,13H,12,20H2,1-3H3,(H,22,25);1-2H3. The number of carbonyl (C=O) groups is 1. The molecule has 0 saturated heterocycles. The molecular formula is C21H29N5OS. The summed E-state index contributed by atoms with van der Waals surface area (Å²) in [7, 11) is 0. The zero-order chi connectivity index (χ0) is 20.7. The summed E-state index contributed by atoms with van der Waals surface area (Å²) in [4.78, 5) is 11.6. The van der Waals surface area contributed by atoms with Crippen molar-refractivity contribution in [3.05, 3.63) is 59.8 Å². The van der Waals surface area contributed by atoms with Crippen LogP contribution in [0.1, 0.15) is 49.7 Å². The molecule has 2 aromatic carbocycles. The predicted octanol–water partition coefficient (Wildman–Crippen LogP) is 4.53. The summed E-state index contributed by atoms with van der Waals surface area (Å²) in [6.07, 6.45) is 3.96. The van der Waals surface area contributed by atoms with Crippen LogP contribution in [0.25, 0.3) is 10.9 Å². The van der Waals surface area contributed by atoms with E-state index in [1.54, 1.807) is 24.1 Å². The van der Waals surface area contributed by atoms with Crippen LogP contribution in [0.4, 0.5) is 5.69 Å². The Balaban J connectivity index is 0.00000136. The van der Waals surface area contributed by atoms with Gasteiger partial charge in [0.05, 0.1) is 18.3 Å². The summed E-state index contributed by atoms with van der Waals surface area (Å²) in [5, 5.41) is 5.62. The van der Waals surface area contributed by atoms with Crippen molar-refractivity contribution in [1.29, 1.82) is 0 Å². The average Bonchev–Trinajstić information content (AvgIpc) is 3.17. The SMILES string of the molecule is CC.CSN(Cc1ccc(C(=O)NN)cc1)c1ccc2cnn(C(C)C)c2c1. The molecule has 0 atom stereocenters. The van der Waals surface area contributed by atoms with Crippen molar-refractivity contribution < 1.29 is 4.79 Å². The van der Waals surface area contributed by atoms with Gasteiger partial charge in [0, 0.05) is 28.9 Å². The number of nitrogens with zero attached hydrogens (tertiary/aromatic N) is 3. The number of anilines is 1. The lowest BCUT2D eigenvalue weighted by Gasteiger charge is -2.22. The van der Waals surface area contributed by atoms with Gasteiger partial charge < -0.3 is 4.31 Å². The molecule has 0 aliphatic carbocycles. The molecule has 0 radical (unpaired) electrons. The molecule has 3 aromatic rings. The topological polar surface area (TPSA) is 76.2 Å². The Labute approximate surface area is 171 Å². The van der Waals surface area contributed by atoms with Crippen molar-refractivity contribution in [1.82, 2.24) is 15.2 Å². The summed E-state index contributed by atoms with van der Waals surface area (Å²) in [6.45, 7) is 8.99. The first-order valence-corrected chi connectivity index (χ1v) is 10.6. The maximum Gasteiger partial charge on any atom is 0.265 e.